The molecule has 0 spiro atoms. The first-order valence-electron chi connectivity index (χ1n) is 6.08. The van der Waals surface area contributed by atoms with Crippen LogP contribution in [0.15, 0.2) is 24.4 Å². The van der Waals surface area contributed by atoms with Gasteiger partial charge in [-0.3, -0.25) is 9.20 Å². The third kappa shape index (κ3) is 1.76. The lowest BCUT2D eigenvalue weighted by molar-refractivity contribution is 0.0298. The van der Waals surface area contributed by atoms with E-state index in [4.69, 9.17) is 4.74 Å². The summed E-state index contributed by atoms with van der Waals surface area (Å²) in [6.07, 6.45) is 1.88. The molecule has 0 aromatic carbocycles. The molecular weight excluding hydrogens is 230 g/mol. The van der Waals surface area contributed by atoms with Gasteiger partial charge in [0.15, 0.2) is 0 Å². The predicted octanol–water partition coefficient (Wildman–Crippen LogP) is 1.12. The number of imidazole rings is 1. The van der Waals surface area contributed by atoms with Gasteiger partial charge in [0.05, 0.1) is 18.9 Å². The fourth-order valence-corrected chi connectivity index (χ4v) is 2.29. The van der Waals surface area contributed by atoms with Crippen molar-refractivity contribution >= 4 is 11.6 Å². The van der Waals surface area contributed by atoms with E-state index in [1.807, 2.05) is 40.6 Å². The van der Waals surface area contributed by atoms with E-state index in [9.17, 15) is 4.79 Å². The maximum atomic E-state index is 12.5. The summed E-state index contributed by atoms with van der Waals surface area (Å²) in [6.45, 7) is 4.40. The second-order valence-electron chi connectivity index (χ2n) is 4.38. The van der Waals surface area contributed by atoms with Gasteiger partial charge in [0.2, 0.25) is 0 Å². The number of ether oxygens (including phenoxy) is 1. The lowest BCUT2D eigenvalue weighted by atomic mass is 10.3. The largest absolute Gasteiger partial charge is 0.378 e. The first-order valence-corrected chi connectivity index (χ1v) is 6.08. The number of rotatable bonds is 1. The monoisotopic (exact) mass is 245 g/mol. The Labute approximate surface area is 105 Å². The van der Waals surface area contributed by atoms with Crippen LogP contribution in [0.25, 0.3) is 5.65 Å². The van der Waals surface area contributed by atoms with Crippen molar-refractivity contribution in [1.82, 2.24) is 14.3 Å². The minimum atomic E-state index is 0.0366. The van der Waals surface area contributed by atoms with Crippen LogP contribution in [-0.4, -0.2) is 46.5 Å². The van der Waals surface area contributed by atoms with E-state index in [0.29, 0.717) is 32.0 Å². The van der Waals surface area contributed by atoms with Gasteiger partial charge in [-0.05, 0) is 19.1 Å². The van der Waals surface area contributed by atoms with Gasteiger partial charge in [-0.25, -0.2) is 4.98 Å². The molecule has 0 saturated carbocycles. The average Bonchev–Trinajstić information content (AvgIpc) is 2.75. The Balaban J connectivity index is 2.02. The van der Waals surface area contributed by atoms with Crippen LogP contribution in [0.2, 0.25) is 0 Å². The van der Waals surface area contributed by atoms with Crippen LogP contribution in [-0.2, 0) is 4.74 Å². The van der Waals surface area contributed by atoms with E-state index in [0.717, 1.165) is 11.3 Å². The molecule has 3 heterocycles. The van der Waals surface area contributed by atoms with Crippen LogP contribution < -0.4 is 0 Å². The smallest absolute Gasteiger partial charge is 0.272 e. The first-order chi connectivity index (χ1) is 8.77. The topological polar surface area (TPSA) is 46.8 Å². The molecule has 0 bridgehead atoms. The number of aryl methyl sites for hydroxylation is 1. The molecule has 18 heavy (non-hydrogen) atoms. The van der Waals surface area contributed by atoms with E-state index >= 15 is 0 Å². The molecule has 1 amide bonds. The van der Waals surface area contributed by atoms with E-state index in [-0.39, 0.29) is 5.91 Å². The Morgan fingerprint density at radius 1 is 1.33 bits per heavy atom. The van der Waals surface area contributed by atoms with Crippen molar-refractivity contribution in [3.8, 4) is 0 Å². The normalized spacial score (nSPS) is 16.2. The van der Waals surface area contributed by atoms with Crippen LogP contribution in [0.3, 0.4) is 0 Å². The molecule has 5 heteroatoms. The molecule has 0 radical (unpaired) electrons. The van der Waals surface area contributed by atoms with Crippen LogP contribution in [0, 0.1) is 6.92 Å². The number of pyridine rings is 1. The number of morpholine rings is 1. The van der Waals surface area contributed by atoms with Crippen molar-refractivity contribution in [1.29, 1.82) is 0 Å². The number of carbonyl (C=O) groups excluding carboxylic acids is 1. The summed E-state index contributed by atoms with van der Waals surface area (Å²) in [5.41, 5.74) is 2.25. The zero-order valence-electron chi connectivity index (χ0n) is 10.3. The zero-order valence-corrected chi connectivity index (χ0v) is 10.3. The third-order valence-electron chi connectivity index (χ3n) is 3.21. The number of hydrogen-bond donors (Lipinski definition) is 0. The first kappa shape index (κ1) is 11.2. The van der Waals surface area contributed by atoms with Crippen molar-refractivity contribution in [2.45, 2.75) is 6.92 Å². The van der Waals surface area contributed by atoms with Gasteiger partial charge in [-0.1, -0.05) is 6.07 Å². The summed E-state index contributed by atoms with van der Waals surface area (Å²) in [7, 11) is 0. The lowest BCUT2D eigenvalue weighted by Gasteiger charge is -2.26. The quantitative estimate of drug-likeness (QED) is 0.756. The molecule has 1 fully saturated rings. The minimum absolute atomic E-state index is 0.0366. The minimum Gasteiger partial charge on any atom is -0.378 e. The predicted molar refractivity (Wildman–Crippen MR) is 66.7 cm³/mol. The molecule has 1 aliphatic heterocycles. The fraction of sp³-hybridized carbons (Fsp3) is 0.385. The van der Waals surface area contributed by atoms with Crippen LogP contribution in [0.4, 0.5) is 0 Å². The van der Waals surface area contributed by atoms with Gasteiger partial charge in [-0.15, -0.1) is 0 Å². The number of nitrogens with zero attached hydrogens (tertiary/aromatic N) is 3. The van der Waals surface area contributed by atoms with Crippen LogP contribution >= 0.6 is 0 Å². The number of carbonyl (C=O) groups is 1. The molecular formula is C13H15N3O2. The second-order valence-corrected chi connectivity index (χ2v) is 4.38. The highest BCUT2D eigenvalue weighted by Gasteiger charge is 2.23. The number of fused-ring (bicyclic) bond motifs is 1. The Kier molecular flexibility index (Phi) is 2.76. The zero-order chi connectivity index (χ0) is 12.5. The standard InChI is InChI=1S/C13H15N3O2/c1-10-12(13(17)15-6-8-18-9-7-15)16-5-3-2-4-11(16)14-10/h2-5H,6-9H2,1H3. The Morgan fingerprint density at radius 3 is 2.89 bits per heavy atom. The van der Waals surface area contributed by atoms with E-state index < -0.39 is 0 Å². The molecule has 94 valence electrons. The molecule has 5 nitrogen and oxygen atoms in total. The van der Waals surface area contributed by atoms with E-state index in [1.165, 1.54) is 0 Å². The Morgan fingerprint density at radius 2 is 2.11 bits per heavy atom. The maximum absolute atomic E-state index is 12.5. The van der Waals surface area contributed by atoms with Gasteiger partial charge in [0, 0.05) is 19.3 Å². The van der Waals surface area contributed by atoms with Crippen molar-refractivity contribution in [2.75, 3.05) is 26.3 Å². The molecule has 1 aliphatic rings. The SMILES string of the molecule is Cc1nc2ccccn2c1C(=O)N1CCOCC1. The van der Waals surface area contributed by atoms with Gasteiger partial charge < -0.3 is 9.64 Å². The molecule has 0 N–H and O–H groups in total. The number of amides is 1. The summed E-state index contributed by atoms with van der Waals surface area (Å²) >= 11 is 0. The number of aromatic nitrogens is 2. The fourth-order valence-electron chi connectivity index (χ4n) is 2.29. The molecule has 2 aromatic rings. The number of hydrogen-bond acceptors (Lipinski definition) is 3. The van der Waals surface area contributed by atoms with Crippen LogP contribution in [0.5, 0.6) is 0 Å². The highest BCUT2D eigenvalue weighted by Crippen LogP contribution is 2.14. The second kappa shape index (κ2) is 4.42. The lowest BCUT2D eigenvalue weighted by Crippen LogP contribution is -2.41. The van der Waals surface area contributed by atoms with Gasteiger partial charge in [0.1, 0.15) is 11.3 Å². The molecule has 0 unspecified atom stereocenters. The maximum Gasteiger partial charge on any atom is 0.272 e. The van der Waals surface area contributed by atoms with Crippen molar-refractivity contribution in [2.24, 2.45) is 0 Å². The summed E-state index contributed by atoms with van der Waals surface area (Å²) in [5, 5.41) is 0. The third-order valence-corrected chi connectivity index (χ3v) is 3.21. The summed E-state index contributed by atoms with van der Waals surface area (Å²) in [4.78, 5) is 18.7. The van der Waals surface area contributed by atoms with E-state index in [2.05, 4.69) is 4.98 Å². The summed E-state index contributed by atoms with van der Waals surface area (Å²) < 4.78 is 7.12. The highest BCUT2D eigenvalue weighted by atomic mass is 16.5. The van der Waals surface area contributed by atoms with Crippen molar-refractivity contribution < 1.29 is 9.53 Å². The molecule has 2 aromatic heterocycles. The summed E-state index contributed by atoms with van der Waals surface area (Å²) in [6, 6.07) is 5.73. The molecule has 0 aliphatic carbocycles. The van der Waals surface area contributed by atoms with E-state index in [1.54, 1.807) is 0 Å². The van der Waals surface area contributed by atoms with Crippen LogP contribution in [0.1, 0.15) is 16.2 Å². The van der Waals surface area contributed by atoms with Gasteiger partial charge in [-0.2, -0.15) is 0 Å². The van der Waals surface area contributed by atoms with Crippen molar-refractivity contribution in [3.05, 3.63) is 35.8 Å². The summed E-state index contributed by atoms with van der Waals surface area (Å²) in [5.74, 6) is 0.0366. The Bertz CT molecular complexity index is 585. The Hall–Kier alpha value is -1.88. The van der Waals surface area contributed by atoms with Gasteiger partial charge >= 0.3 is 0 Å². The molecule has 0 atom stereocenters. The average molecular weight is 245 g/mol. The van der Waals surface area contributed by atoms with Crippen molar-refractivity contribution in [3.63, 3.8) is 0 Å². The van der Waals surface area contributed by atoms with Gasteiger partial charge in [0.25, 0.3) is 5.91 Å². The molecule has 3 rings (SSSR count). The molecule has 1 saturated heterocycles. The highest BCUT2D eigenvalue weighted by molar-refractivity contribution is 5.94.